The normalized spacial score (nSPS) is 30.9. The van der Waals surface area contributed by atoms with Crippen molar-refractivity contribution in [2.45, 2.75) is 50.4 Å². The number of para-hydroxylation sites is 1. The van der Waals surface area contributed by atoms with Crippen LogP contribution < -0.4 is 4.90 Å². The van der Waals surface area contributed by atoms with Crippen LogP contribution in [0.2, 0.25) is 5.02 Å². The molecule has 1 aromatic carbocycles. The molecule has 1 unspecified atom stereocenters. The Labute approximate surface area is 222 Å². The van der Waals surface area contributed by atoms with E-state index in [1.54, 1.807) is 26.8 Å². The summed E-state index contributed by atoms with van der Waals surface area (Å²) in [5.74, 6) is -2.07. The second-order valence-electron chi connectivity index (χ2n) is 10.2. The number of benzene rings is 1. The van der Waals surface area contributed by atoms with E-state index in [-0.39, 0.29) is 30.9 Å². The van der Waals surface area contributed by atoms with Crippen LogP contribution in [0.3, 0.4) is 0 Å². The third-order valence-corrected chi connectivity index (χ3v) is 8.26. The molecule has 0 aromatic heterocycles. The molecule has 4 aliphatic heterocycles. The number of rotatable bonds is 8. The fraction of sp³-hybridized carbons (Fsp3) is 0.536. The van der Waals surface area contributed by atoms with Gasteiger partial charge in [0.1, 0.15) is 11.6 Å². The van der Waals surface area contributed by atoms with Gasteiger partial charge < -0.3 is 24.5 Å². The van der Waals surface area contributed by atoms with Gasteiger partial charge >= 0.3 is 0 Å². The molecule has 37 heavy (non-hydrogen) atoms. The van der Waals surface area contributed by atoms with Gasteiger partial charge in [-0.2, -0.15) is 0 Å². The lowest BCUT2D eigenvalue weighted by atomic mass is 9.77. The number of carbonyl (C=O) groups excluding carboxylic acids is 3. The van der Waals surface area contributed by atoms with Crippen molar-refractivity contribution in [1.82, 2.24) is 9.80 Å². The predicted molar refractivity (Wildman–Crippen MR) is 140 cm³/mol. The number of aliphatic hydroxyl groups excluding tert-OH is 1. The molecule has 2 saturated heterocycles. The van der Waals surface area contributed by atoms with Crippen molar-refractivity contribution >= 4 is 35.0 Å². The van der Waals surface area contributed by atoms with Gasteiger partial charge in [0.2, 0.25) is 11.8 Å². The van der Waals surface area contributed by atoms with Crippen molar-refractivity contribution in [3.05, 3.63) is 53.6 Å². The minimum Gasteiger partial charge on any atom is -0.396 e. The lowest BCUT2D eigenvalue weighted by molar-refractivity contribution is -0.144. The smallest absolute Gasteiger partial charge is 0.253 e. The number of hydrogen-bond acceptors (Lipinski definition) is 5. The zero-order valence-corrected chi connectivity index (χ0v) is 21.8. The van der Waals surface area contributed by atoms with E-state index in [9.17, 15) is 19.5 Å². The van der Waals surface area contributed by atoms with E-state index in [1.807, 2.05) is 43.4 Å². The lowest BCUT2D eigenvalue weighted by Gasteiger charge is -2.35. The Hall–Kier alpha value is -2.68. The highest BCUT2D eigenvalue weighted by Crippen LogP contribution is 2.53. The second-order valence-corrected chi connectivity index (χ2v) is 10.6. The number of likely N-dealkylation sites (tertiary alicyclic amines) is 1. The van der Waals surface area contributed by atoms with Crippen LogP contribution in [-0.4, -0.2) is 83.2 Å². The van der Waals surface area contributed by atoms with Crippen LogP contribution in [0.4, 0.5) is 5.69 Å². The molecule has 3 amide bonds. The van der Waals surface area contributed by atoms with Gasteiger partial charge in [0.05, 0.1) is 28.6 Å². The monoisotopic (exact) mass is 527 g/mol. The van der Waals surface area contributed by atoms with Gasteiger partial charge in [-0.3, -0.25) is 14.4 Å². The first kappa shape index (κ1) is 25.9. The van der Waals surface area contributed by atoms with Gasteiger partial charge in [-0.1, -0.05) is 55.0 Å². The van der Waals surface area contributed by atoms with Gasteiger partial charge in [0.25, 0.3) is 5.91 Å². The maximum absolute atomic E-state index is 14.3. The highest BCUT2D eigenvalue weighted by atomic mass is 35.5. The van der Waals surface area contributed by atoms with Crippen LogP contribution in [-0.2, 0) is 19.1 Å². The summed E-state index contributed by atoms with van der Waals surface area (Å²) >= 11 is 6.48. The number of halogens is 1. The summed E-state index contributed by atoms with van der Waals surface area (Å²) in [7, 11) is 0. The summed E-state index contributed by atoms with van der Waals surface area (Å²) in [6.45, 7) is 3.81. The summed E-state index contributed by atoms with van der Waals surface area (Å²) in [5, 5.41) is 9.66. The minimum atomic E-state index is -1.24. The first-order valence-corrected chi connectivity index (χ1v) is 13.6. The molecule has 8 nitrogen and oxygen atoms in total. The topological polar surface area (TPSA) is 90.4 Å². The number of fused-ring (bicyclic) bond motifs is 2. The highest BCUT2D eigenvalue weighted by molar-refractivity contribution is 6.34. The first-order valence-electron chi connectivity index (χ1n) is 13.2. The average Bonchev–Trinajstić information content (AvgIpc) is 3.20. The van der Waals surface area contributed by atoms with Gasteiger partial charge in [-0.25, -0.2) is 0 Å². The molecule has 0 aliphatic carbocycles. The van der Waals surface area contributed by atoms with E-state index < -0.39 is 29.6 Å². The average molecular weight is 528 g/mol. The lowest BCUT2D eigenvalue weighted by Crippen LogP contribution is -2.55. The van der Waals surface area contributed by atoms with E-state index in [0.717, 1.165) is 12.8 Å². The molecule has 0 radical (unpaired) electrons. The molecular formula is C28H34ClN3O5. The molecule has 1 aromatic rings. The van der Waals surface area contributed by atoms with Crippen LogP contribution in [0.15, 0.2) is 48.6 Å². The number of anilines is 1. The fourth-order valence-electron chi connectivity index (χ4n) is 6.36. The summed E-state index contributed by atoms with van der Waals surface area (Å²) in [4.78, 5) is 47.2. The van der Waals surface area contributed by atoms with E-state index in [2.05, 4.69) is 0 Å². The second kappa shape index (κ2) is 10.6. The summed E-state index contributed by atoms with van der Waals surface area (Å²) in [6, 6.07) is 6.24. The Balaban J connectivity index is 1.57. The van der Waals surface area contributed by atoms with E-state index >= 15 is 0 Å². The van der Waals surface area contributed by atoms with Crippen LogP contribution in [0, 0.1) is 11.8 Å². The molecule has 9 heteroatoms. The molecular weight excluding hydrogens is 494 g/mol. The number of hydrogen-bond donors (Lipinski definition) is 1. The summed E-state index contributed by atoms with van der Waals surface area (Å²) < 4.78 is 6.65. The number of ether oxygens (including phenoxy) is 1. The molecule has 1 N–H and O–H groups in total. The van der Waals surface area contributed by atoms with Crippen molar-refractivity contribution < 1.29 is 24.2 Å². The Morgan fingerprint density at radius 1 is 1.03 bits per heavy atom. The Morgan fingerprint density at radius 3 is 2.59 bits per heavy atom. The van der Waals surface area contributed by atoms with Crippen molar-refractivity contribution in [2.24, 2.45) is 11.8 Å². The molecule has 0 saturated carbocycles. The molecule has 0 bridgehead atoms. The fourth-order valence-corrected chi connectivity index (χ4v) is 6.60. The van der Waals surface area contributed by atoms with E-state index in [1.165, 1.54) is 0 Å². The molecule has 5 rings (SSSR count). The molecule has 198 valence electrons. The van der Waals surface area contributed by atoms with Crippen molar-refractivity contribution in [3.63, 3.8) is 0 Å². The van der Waals surface area contributed by atoms with Crippen molar-refractivity contribution in [1.29, 1.82) is 0 Å². The van der Waals surface area contributed by atoms with Crippen molar-refractivity contribution in [2.75, 3.05) is 37.7 Å². The maximum Gasteiger partial charge on any atom is 0.253 e. The van der Waals surface area contributed by atoms with Crippen LogP contribution in [0.25, 0.3) is 0 Å². The van der Waals surface area contributed by atoms with Crippen LogP contribution in [0.1, 0.15) is 32.6 Å². The number of amides is 3. The Bertz CT molecular complexity index is 1120. The zero-order chi connectivity index (χ0) is 26.2. The van der Waals surface area contributed by atoms with Gasteiger partial charge in [-0.05, 0) is 37.8 Å². The molecule has 4 heterocycles. The molecule has 2 fully saturated rings. The van der Waals surface area contributed by atoms with E-state index in [0.29, 0.717) is 43.2 Å². The third-order valence-electron chi connectivity index (χ3n) is 7.94. The minimum absolute atomic E-state index is 0.0762. The number of carbonyl (C=O) groups is 3. The summed E-state index contributed by atoms with van der Waals surface area (Å²) in [6.07, 6.45) is 9.75. The Kier molecular flexibility index (Phi) is 7.43. The Morgan fingerprint density at radius 2 is 1.84 bits per heavy atom. The van der Waals surface area contributed by atoms with Crippen molar-refractivity contribution in [3.8, 4) is 0 Å². The van der Waals surface area contributed by atoms with E-state index in [4.69, 9.17) is 16.3 Å². The van der Waals surface area contributed by atoms with Gasteiger partial charge in [-0.15, -0.1) is 0 Å². The highest BCUT2D eigenvalue weighted by Gasteiger charge is 2.71. The van der Waals surface area contributed by atoms with Gasteiger partial charge in [0, 0.05) is 32.8 Å². The molecule has 5 atom stereocenters. The zero-order valence-electron chi connectivity index (χ0n) is 21.1. The standard InChI is InChI=1S/C28H34ClN3O5/c1-2-14-30-15-8-12-21-22(25(30)34)23-26(35)32(16-6-3-7-18-33)24-27(36)31(17-9-13-28(23,24)37-21)20-11-5-4-10-19(20)29/h4-5,8-13,21-24,33H,2-3,6-7,14-18H2,1H3/t21-,22+,23+,24?,28+/m1/s1. The van der Waals surface area contributed by atoms with Crippen LogP contribution >= 0.6 is 11.6 Å². The van der Waals surface area contributed by atoms with Crippen LogP contribution in [0.5, 0.6) is 0 Å². The molecule has 4 aliphatic rings. The predicted octanol–water partition coefficient (Wildman–Crippen LogP) is 2.79. The summed E-state index contributed by atoms with van der Waals surface area (Å²) in [5.41, 5.74) is -0.671. The SMILES string of the molecule is CCCN1CC=C[C@H]2O[C@]34C=CCN(c5ccccc5Cl)C(=O)C3N(CCCCCO)C(=O)[C@@H]4[C@H]2C1=O. The maximum atomic E-state index is 14.3. The number of unbranched alkanes of at least 4 members (excludes halogenated alkanes) is 2. The quantitative estimate of drug-likeness (QED) is 0.415. The largest absolute Gasteiger partial charge is 0.396 e. The van der Waals surface area contributed by atoms with Gasteiger partial charge in [0.15, 0.2) is 0 Å². The number of nitrogens with zero attached hydrogens (tertiary/aromatic N) is 3. The number of aliphatic hydroxyl groups is 1. The third kappa shape index (κ3) is 4.29. The molecule has 1 spiro atoms. The first-order chi connectivity index (χ1) is 17.9.